The second kappa shape index (κ2) is 5.39. The van der Waals surface area contributed by atoms with Gasteiger partial charge in [-0.3, -0.25) is 4.79 Å². The fourth-order valence-corrected chi connectivity index (χ4v) is 2.68. The van der Waals surface area contributed by atoms with E-state index in [1.165, 1.54) is 16.7 Å². The number of carboxylic acid groups (broad SMARTS) is 1. The quantitative estimate of drug-likeness (QED) is 0.839. The van der Waals surface area contributed by atoms with Crippen LogP contribution in [0.2, 0.25) is 0 Å². The van der Waals surface area contributed by atoms with E-state index in [-0.39, 0.29) is 5.91 Å². The lowest BCUT2D eigenvalue weighted by Crippen LogP contribution is -2.40. The molecule has 0 aromatic carbocycles. The fraction of sp³-hybridized carbons (Fsp3) is 0.417. The van der Waals surface area contributed by atoms with Crippen molar-refractivity contribution in [1.29, 1.82) is 0 Å². The van der Waals surface area contributed by atoms with Crippen LogP contribution in [0.1, 0.15) is 23.2 Å². The van der Waals surface area contributed by atoms with Crippen LogP contribution in [0.3, 0.4) is 0 Å². The van der Waals surface area contributed by atoms with Crippen LogP contribution in [0, 0.1) is 0 Å². The molecule has 1 aromatic rings. The third-order valence-electron chi connectivity index (χ3n) is 2.99. The van der Waals surface area contributed by atoms with Gasteiger partial charge in [0.1, 0.15) is 11.1 Å². The molecule has 18 heavy (non-hydrogen) atoms. The Kier molecular flexibility index (Phi) is 3.86. The number of carbonyl (C=O) groups is 2. The van der Waals surface area contributed by atoms with Crippen molar-refractivity contribution in [2.45, 2.75) is 23.9 Å². The minimum Gasteiger partial charge on any atom is -0.480 e. The van der Waals surface area contributed by atoms with Gasteiger partial charge in [-0.2, -0.15) is 0 Å². The van der Waals surface area contributed by atoms with Crippen LogP contribution in [0.5, 0.6) is 0 Å². The van der Waals surface area contributed by atoms with Gasteiger partial charge in [0.15, 0.2) is 0 Å². The maximum Gasteiger partial charge on any atom is 0.326 e. The van der Waals surface area contributed by atoms with E-state index >= 15 is 0 Å². The summed E-state index contributed by atoms with van der Waals surface area (Å²) in [6.07, 6.45) is 4.73. The number of aromatic nitrogens is 1. The minimum atomic E-state index is -0.935. The molecule has 0 saturated carbocycles. The summed E-state index contributed by atoms with van der Waals surface area (Å²) in [6.45, 7) is 0.499. The molecule has 2 heterocycles. The molecule has 1 fully saturated rings. The number of hydrogen-bond donors (Lipinski definition) is 1. The number of amides is 1. The van der Waals surface area contributed by atoms with Crippen molar-refractivity contribution in [2.75, 3.05) is 12.8 Å². The highest BCUT2D eigenvalue weighted by atomic mass is 32.2. The SMILES string of the molecule is CSc1ncccc1C(=O)N1CCC[C@H]1C(=O)O. The van der Waals surface area contributed by atoms with Crippen molar-refractivity contribution in [2.24, 2.45) is 0 Å². The number of pyridine rings is 1. The molecule has 0 spiro atoms. The van der Waals surface area contributed by atoms with Crippen molar-refractivity contribution < 1.29 is 14.7 Å². The number of likely N-dealkylation sites (tertiary alicyclic amines) is 1. The third kappa shape index (κ3) is 2.33. The first-order valence-corrected chi connectivity index (χ1v) is 6.90. The van der Waals surface area contributed by atoms with E-state index in [9.17, 15) is 9.59 Å². The zero-order chi connectivity index (χ0) is 13.1. The average molecular weight is 266 g/mol. The van der Waals surface area contributed by atoms with E-state index < -0.39 is 12.0 Å². The van der Waals surface area contributed by atoms with Crippen LogP contribution in [-0.2, 0) is 4.79 Å². The van der Waals surface area contributed by atoms with Crippen LogP contribution in [0.25, 0.3) is 0 Å². The largest absolute Gasteiger partial charge is 0.480 e. The molecule has 1 aromatic heterocycles. The van der Waals surface area contributed by atoms with E-state index in [2.05, 4.69) is 4.98 Å². The minimum absolute atomic E-state index is 0.239. The summed E-state index contributed by atoms with van der Waals surface area (Å²) in [5, 5.41) is 9.73. The normalized spacial score (nSPS) is 18.9. The molecule has 96 valence electrons. The maximum atomic E-state index is 12.4. The zero-order valence-electron chi connectivity index (χ0n) is 10.00. The standard InChI is InChI=1S/C12H14N2O3S/c1-18-10-8(4-2-6-13-10)11(15)14-7-3-5-9(14)12(16)17/h2,4,6,9H,3,5,7H2,1H3,(H,16,17)/t9-/m0/s1. The molecular weight excluding hydrogens is 252 g/mol. The number of hydrogen-bond acceptors (Lipinski definition) is 4. The predicted octanol–water partition coefficient (Wildman–Crippen LogP) is 1.49. The molecule has 1 N–H and O–H groups in total. The highest BCUT2D eigenvalue weighted by Gasteiger charge is 2.35. The molecule has 0 unspecified atom stereocenters. The molecule has 1 amide bonds. The number of rotatable bonds is 3. The molecule has 1 aliphatic rings. The van der Waals surface area contributed by atoms with Crippen LogP contribution < -0.4 is 0 Å². The lowest BCUT2D eigenvalue weighted by Gasteiger charge is -2.22. The van der Waals surface area contributed by atoms with Gasteiger partial charge in [0.2, 0.25) is 0 Å². The summed E-state index contributed by atoms with van der Waals surface area (Å²) in [5.74, 6) is -1.17. The summed E-state index contributed by atoms with van der Waals surface area (Å²) in [4.78, 5) is 29.0. The van der Waals surface area contributed by atoms with Crippen LogP contribution >= 0.6 is 11.8 Å². The number of aliphatic carboxylic acids is 1. The number of thioether (sulfide) groups is 1. The number of carbonyl (C=O) groups excluding carboxylic acids is 1. The lowest BCUT2D eigenvalue weighted by atomic mass is 10.2. The Labute approximate surface area is 109 Å². The Morgan fingerprint density at radius 2 is 2.33 bits per heavy atom. The fourth-order valence-electron chi connectivity index (χ4n) is 2.14. The van der Waals surface area contributed by atoms with Crippen LogP contribution in [0.4, 0.5) is 0 Å². The molecule has 1 saturated heterocycles. The van der Waals surface area contributed by atoms with E-state index in [4.69, 9.17) is 5.11 Å². The van der Waals surface area contributed by atoms with Gasteiger partial charge in [0.25, 0.3) is 5.91 Å². The van der Waals surface area contributed by atoms with E-state index in [0.717, 1.165) is 6.42 Å². The molecule has 0 bridgehead atoms. The molecule has 5 nitrogen and oxygen atoms in total. The molecule has 0 aliphatic carbocycles. The van der Waals surface area contributed by atoms with Crippen molar-refractivity contribution in [3.05, 3.63) is 23.9 Å². The van der Waals surface area contributed by atoms with E-state index in [1.807, 2.05) is 6.26 Å². The van der Waals surface area contributed by atoms with Gasteiger partial charge >= 0.3 is 5.97 Å². The van der Waals surface area contributed by atoms with Gasteiger partial charge in [-0.05, 0) is 31.2 Å². The first kappa shape index (κ1) is 12.9. The van der Waals surface area contributed by atoms with Crippen molar-refractivity contribution in [1.82, 2.24) is 9.88 Å². The molecule has 0 radical (unpaired) electrons. The van der Waals surface area contributed by atoms with Crippen molar-refractivity contribution in [3.63, 3.8) is 0 Å². The van der Waals surface area contributed by atoms with E-state index in [0.29, 0.717) is 23.6 Å². The maximum absolute atomic E-state index is 12.4. The van der Waals surface area contributed by atoms with Gasteiger partial charge in [-0.15, -0.1) is 11.8 Å². The summed E-state index contributed by atoms with van der Waals surface area (Å²) >= 11 is 1.39. The molecule has 6 heteroatoms. The second-order valence-corrected chi connectivity index (χ2v) is 4.85. The van der Waals surface area contributed by atoms with Crippen molar-refractivity contribution in [3.8, 4) is 0 Å². The Hall–Kier alpha value is -1.56. The predicted molar refractivity (Wildman–Crippen MR) is 67.7 cm³/mol. The van der Waals surface area contributed by atoms with Crippen LogP contribution in [-0.4, -0.2) is 45.7 Å². The third-order valence-corrected chi connectivity index (χ3v) is 3.71. The van der Waals surface area contributed by atoms with Crippen molar-refractivity contribution >= 4 is 23.6 Å². The second-order valence-electron chi connectivity index (χ2n) is 4.06. The Morgan fingerprint density at radius 3 is 3.00 bits per heavy atom. The summed E-state index contributed by atoms with van der Waals surface area (Å²) in [7, 11) is 0. The molecule has 1 atom stereocenters. The molecule has 1 aliphatic heterocycles. The summed E-state index contributed by atoms with van der Waals surface area (Å²) < 4.78 is 0. The number of nitrogens with zero attached hydrogens (tertiary/aromatic N) is 2. The monoisotopic (exact) mass is 266 g/mol. The Morgan fingerprint density at radius 1 is 1.56 bits per heavy atom. The Balaban J connectivity index is 2.28. The molecule has 2 rings (SSSR count). The lowest BCUT2D eigenvalue weighted by molar-refractivity contribution is -0.141. The van der Waals surface area contributed by atoms with Gasteiger partial charge in [0, 0.05) is 12.7 Å². The summed E-state index contributed by atoms with van der Waals surface area (Å²) in [6, 6.07) is 2.68. The average Bonchev–Trinajstić information content (AvgIpc) is 2.87. The van der Waals surface area contributed by atoms with Gasteiger partial charge < -0.3 is 10.0 Å². The zero-order valence-corrected chi connectivity index (χ0v) is 10.8. The first-order chi connectivity index (χ1) is 8.65. The highest BCUT2D eigenvalue weighted by molar-refractivity contribution is 7.98. The summed E-state index contributed by atoms with van der Waals surface area (Å²) in [5.41, 5.74) is 0.484. The van der Waals surface area contributed by atoms with Crippen LogP contribution in [0.15, 0.2) is 23.4 Å². The molecular formula is C12H14N2O3S. The smallest absolute Gasteiger partial charge is 0.326 e. The van der Waals surface area contributed by atoms with Gasteiger partial charge in [-0.25, -0.2) is 9.78 Å². The Bertz CT molecular complexity index is 478. The van der Waals surface area contributed by atoms with Gasteiger partial charge in [0.05, 0.1) is 5.56 Å². The highest BCUT2D eigenvalue weighted by Crippen LogP contribution is 2.24. The first-order valence-electron chi connectivity index (χ1n) is 5.68. The number of carboxylic acids is 1. The van der Waals surface area contributed by atoms with E-state index in [1.54, 1.807) is 18.3 Å². The topological polar surface area (TPSA) is 70.5 Å². The van der Waals surface area contributed by atoms with Gasteiger partial charge in [-0.1, -0.05) is 0 Å².